The lowest BCUT2D eigenvalue weighted by Gasteiger charge is -2.34. The normalized spacial score (nSPS) is 15.7. The molecule has 3 amide bonds. The number of amides is 3. The van der Waals surface area contributed by atoms with Crippen molar-refractivity contribution in [3.05, 3.63) is 47.3 Å². The van der Waals surface area contributed by atoms with E-state index in [0.717, 1.165) is 11.4 Å². The lowest BCUT2D eigenvalue weighted by molar-refractivity contribution is -0.142. The Kier molecular flexibility index (Phi) is 7.10. The Balaban J connectivity index is 1.41. The van der Waals surface area contributed by atoms with Crippen LogP contribution in [-0.2, 0) is 14.4 Å². The number of rotatable bonds is 7. The molecule has 11 nitrogen and oxygen atoms in total. The highest BCUT2D eigenvalue weighted by atomic mass is 32.2. The smallest absolute Gasteiger partial charge is 0.256 e. The zero-order valence-electron chi connectivity index (χ0n) is 19.6. The third kappa shape index (κ3) is 5.48. The van der Waals surface area contributed by atoms with Crippen LogP contribution in [0.5, 0.6) is 0 Å². The summed E-state index contributed by atoms with van der Waals surface area (Å²) < 4.78 is 1.77. The molecule has 0 radical (unpaired) electrons. The fraction of sp³-hybridized carbons (Fsp3) is 0.348. The Labute approximate surface area is 205 Å². The summed E-state index contributed by atoms with van der Waals surface area (Å²) >= 11 is 1.21. The molecule has 35 heavy (non-hydrogen) atoms. The van der Waals surface area contributed by atoms with Crippen molar-refractivity contribution < 1.29 is 19.2 Å². The van der Waals surface area contributed by atoms with Crippen molar-refractivity contribution in [2.75, 3.05) is 24.2 Å². The number of hydrogen-bond donors (Lipinski definition) is 2. The SMILES string of the molecule is CC(=O)c1ccc(NC(=O)CC2C(=O)NCCN2C(=O)CSc2nnc3nc(C)cc(C)n23)cc1. The van der Waals surface area contributed by atoms with Crippen LogP contribution < -0.4 is 10.6 Å². The summed E-state index contributed by atoms with van der Waals surface area (Å²) in [5.74, 6) is -0.641. The average Bonchev–Trinajstić information content (AvgIpc) is 3.22. The number of carbonyl (C=O) groups excluding carboxylic acids is 4. The fourth-order valence-electron chi connectivity index (χ4n) is 3.89. The van der Waals surface area contributed by atoms with Gasteiger partial charge in [-0.15, -0.1) is 10.2 Å². The van der Waals surface area contributed by atoms with E-state index in [-0.39, 0.29) is 29.8 Å². The first-order valence-corrected chi connectivity index (χ1v) is 12.0. The third-order valence-electron chi connectivity index (χ3n) is 5.59. The highest BCUT2D eigenvalue weighted by Gasteiger charge is 2.34. The molecule has 2 aromatic heterocycles. The summed E-state index contributed by atoms with van der Waals surface area (Å²) in [6, 6.07) is 7.46. The van der Waals surface area contributed by atoms with Gasteiger partial charge in [-0.25, -0.2) is 4.98 Å². The van der Waals surface area contributed by atoms with E-state index >= 15 is 0 Å². The minimum absolute atomic E-state index is 0.0337. The molecular weight excluding hydrogens is 470 g/mol. The molecule has 1 atom stereocenters. The number of Topliss-reactive ketones (excluding diaryl/α,β-unsaturated/α-hetero) is 1. The molecule has 1 fully saturated rings. The average molecular weight is 496 g/mol. The second-order valence-electron chi connectivity index (χ2n) is 8.23. The zero-order chi connectivity index (χ0) is 25.1. The second-order valence-corrected chi connectivity index (χ2v) is 9.17. The topological polar surface area (TPSA) is 139 Å². The van der Waals surface area contributed by atoms with Gasteiger partial charge in [0, 0.05) is 35.7 Å². The van der Waals surface area contributed by atoms with E-state index in [1.165, 1.54) is 23.6 Å². The largest absolute Gasteiger partial charge is 0.353 e. The van der Waals surface area contributed by atoms with Gasteiger partial charge in [-0.2, -0.15) is 0 Å². The van der Waals surface area contributed by atoms with Crippen LogP contribution >= 0.6 is 11.8 Å². The molecule has 0 bridgehead atoms. The van der Waals surface area contributed by atoms with Gasteiger partial charge in [0.15, 0.2) is 10.9 Å². The number of aromatic nitrogens is 4. The monoisotopic (exact) mass is 495 g/mol. The van der Waals surface area contributed by atoms with Crippen molar-refractivity contribution >= 4 is 46.7 Å². The Morgan fingerprint density at radius 1 is 1.17 bits per heavy atom. The molecule has 1 aliphatic heterocycles. The van der Waals surface area contributed by atoms with Crippen molar-refractivity contribution in [3.8, 4) is 0 Å². The number of thioether (sulfide) groups is 1. The molecule has 3 aromatic rings. The van der Waals surface area contributed by atoms with E-state index in [9.17, 15) is 19.2 Å². The van der Waals surface area contributed by atoms with E-state index in [2.05, 4.69) is 25.8 Å². The molecule has 2 N–H and O–H groups in total. The van der Waals surface area contributed by atoms with Crippen LogP contribution in [0.3, 0.4) is 0 Å². The predicted molar refractivity (Wildman–Crippen MR) is 129 cm³/mol. The molecule has 0 saturated carbocycles. The second kappa shape index (κ2) is 10.2. The van der Waals surface area contributed by atoms with E-state index in [1.807, 2.05) is 19.9 Å². The van der Waals surface area contributed by atoms with E-state index in [0.29, 0.717) is 35.3 Å². The number of anilines is 1. The zero-order valence-corrected chi connectivity index (χ0v) is 20.4. The Morgan fingerprint density at radius 2 is 1.91 bits per heavy atom. The number of benzene rings is 1. The summed E-state index contributed by atoms with van der Waals surface area (Å²) in [6.07, 6.45) is -0.188. The molecule has 3 heterocycles. The quantitative estimate of drug-likeness (QED) is 0.370. The summed E-state index contributed by atoms with van der Waals surface area (Å²) in [7, 11) is 0. The van der Waals surface area contributed by atoms with Crippen LogP contribution in [0.15, 0.2) is 35.5 Å². The maximum atomic E-state index is 13.1. The summed E-state index contributed by atoms with van der Waals surface area (Å²) in [6.45, 7) is 5.86. The number of nitrogens with one attached hydrogen (secondary N) is 2. The number of piperazine rings is 1. The Morgan fingerprint density at radius 3 is 2.63 bits per heavy atom. The summed E-state index contributed by atoms with van der Waals surface area (Å²) in [5, 5.41) is 14.2. The first-order valence-electron chi connectivity index (χ1n) is 11.0. The molecule has 1 unspecified atom stereocenters. The fourth-order valence-corrected chi connectivity index (χ4v) is 4.77. The minimum Gasteiger partial charge on any atom is -0.353 e. The number of carbonyl (C=O) groups is 4. The van der Waals surface area contributed by atoms with Crippen LogP contribution in [0, 0.1) is 13.8 Å². The van der Waals surface area contributed by atoms with E-state index < -0.39 is 11.9 Å². The van der Waals surface area contributed by atoms with Crippen molar-refractivity contribution in [2.45, 2.75) is 38.4 Å². The molecule has 1 aromatic carbocycles. The Bertz CT molecular complexity index is 1310. The van der Waals surface area contributed by atoms with Gasteiger partial charge in [-0.3, -0.25) is 23.6 Å². The molecule has 4 rings (SSSR count). The maximum Gasteiger partial charge on any atom is 0.256 e. The van der Waals surface area contributed by atoms with Crippen molar-refractivity contribution in [1.29, 1.82) is 0 Å². The van der Waals surface area contributed by atoms with Crippen LogP contribution in [0.2, 0.25) is 0 Å². The van der Waals surface area contributed by atoms with Gasteiger partial charge in [0.2, 0.25) is 17.7 Å². The lowest BCUT2D eigenvalue weighted by atomic mass is 10.1. The van der Waals surface area contributed by atoms with Gasteiger partial charge in [-0.05, 0) is 51.1 Å². The van der Waals surface area contributed by atoms with Gasteiger partial charge in [0.25, 0.3) is 5.78 Å². The van der Waals surface area contributed by atoms with Gasteiger partial charge < -0.3 is 15.5 Å². The molecule has 1 aliphatic rings. The van der Waals surface area contributed by atoms with Gasteiger partial charge in [0.05, 0.1) is 12.2 Å². The van der Waals surface area contributed by atoms with Crippen molar-refractivity contribution in [2.24, 2.45) is 0 Å². The predicted octanol–water partition coefficient (Wildman–Crippen LogP) is 1.39. The van der Waals surface area contributed by atoms with E-state index in [4.69, 9.17) is 0 Å². The summed E-state index contributed by atoms with van der Waals surface area (Å²) in [5.41, 5.74) is 2.76. The minimum atomic E-state index is -0.922. The van der Waals surface area contributed by atoms with Crippen molar-refractivity contribution in [3.63, 3.8) is 0 Å². The number of fused-ring (bicyclic) bond motifs is 1. The lowest BCUT2D eigenvalue weighted by Crippen LogP contribution is -2.58. The van der Waals surface area contributed by atoms with Crippen LogP contribution in [0.1, 0.15) is 35.1 Å². The molecule has 1 saturated heterocycles. The highest BCUT2D eigenvalue weighted by Crippen LogP contribution is 2.21. The number of aryl methyl sites for hydroxylation is 2. The summed E-state index contributed by atoms with van der Waals surface area (Å²) in [4.78, 5) is 55.4. The van der Waals surface area contributed by atoms with Gasteiger partial charge in [0.1, 0.15) is 6.04 Å². The first-order chi connectivity index (χ1) is 16.7. The number of hydrogen-bond acceptors (Lipinski definition) is 8. The Hall–Kier alpha value is -3.80. The van der Waals surface area contributed by atoms with Crippen LogP contribution in [0.4, 0.5) is 5.69 Å². The number of nitrogens with zero attached hydrogens (tertiary/aromatic N) is 5. The highest BCUT2D eigenvalue weighted by molar-refractivity contribution is 7.99. The molecular formula is C23H25N7O4S. The molecule has 182 valence electrons. The third-order valence-corrected chi connectivity index (χ3v) is 6.51. The first kappa shape index (κ1) is 24.3. The van der Waals surface area contributed by atoms with E-state index in [1.54, 1.807) is 28.7 Å². The van der Waals surface area contributed by atoms with Gasteiger partial charge >= 0.3 is 0 Å². The maximum absolute atomic E-state index is 13.1. The molecule has 0 spiro atoms. The standard InChI is InChI=1S/C23H25N7O4S/c1-13-10-14(2)30-22(25-13)27-28-23(30)35-12-20(33)29-9-8-24-21(34)18(29)11-19(32)26-17-6-4-16(5-7-17)15(3)31/h4-7,10,18H,8-9,11-12H2,1-3H3,(H,24,34)(H,26,32). The van der Waals surface area contributed by atoms with Crippen molar-refractivity contribution in [1.82, 2.24) is 29.8 Å². The molecule has 12 heteroatoms. The van der Waals surface area contributed by atoms with Gasteiger partial charge in [-0.1, -0.05) is 11.8 Å². The van der Waals surface area contributed by atoms with Crippen LogP contribution in [0.25, 0.3) is 5.78 Å². The van der Waals surface area contributed by atoms with Crippen LogP contribution in [-0.4, -0.2) is 72.9 Å². The molecule has 0 aliphatic carbocycles. The number of ketones is 1.